The molecule has 1 N–H and O–H groups in total. The summed E-state index contributed by atoms with van der Waals surface area (Å²) in [7, 11) is 0. The van der Waals surface area contributed by atoms with E-state index in [2.05, 4.69) is 0 Å². The summed E-state index contributed by atoms with van der Waals surface area (Å²) >= 11 is -2.10. The molecule has 0 saturated carbocycles. The average Bonchev–Trinajstić information content (AvgIpc) is 2.18. The zero-order chi connectivity index (χ0) is 12.1. The summed E-state index contributed by atoms with van der Waals surface area (Å²) in [6.07, 6.45) is 0. The van der Waals surface area contributed by atoms with Gasteiger partial charge in [-0.05, 0) is 17.7 Å². The average molecular weight is 246 g/mol. The topological polar surface area (TPSA) is 63.6 Å². The highest BCUT2D eigenvalue weighted by atomic mass is 32.2. The molecule has 0 aromatic heterocycles. The number of benzene rings is 1. The summed E-state index contributed by atoms with van der Waals surface area (Å²) in [6.45, 7) is 1.30. The van der Waals surface area contributed by atoms with E-state index >= 15 is 0 Å². The second-order valence-electron chi connectivity index (χ2n) is 3.17. The first-order valence-corrected chi connectivity index (χ1v) is 5.74. The molecule has 0 radical (unpaired) electrons. The smallest absolute Gasteiger partial charge is 0.302 e. The Labute approximate surface area is 94.7 Å². The number of carbonyl (C=O) groups is 1. The van der Waals surface area contributed by atoms with Gasteiger partial charge < -0.3 is 9.29 Å². The molecule has 0 aliphatic heterocycles. The van der Waals surface area contributed by atoms with Gasteiger partial charge in [-0.25, -0.2) is 8.60 Å². The van der Waals surface area contributed by atoms with Crippen LogP contribution in [0, 0.1) is 5.82 Å². The highest BCUT2D eigenvalue weighted by Gasteiger charge is 2.07. The number of ether oxygens (including phenoxy) is 1. The lowest BCUT2D eigenvalue weighted by Gasteiger charge is -2.05. The van der Waals surface area contributed by atoms with Crippen LogP contribution in [-0.4, -0.2) is 14.7 Å². The maximum Gasteiger partial charge on any atom is 0.302 e. The maximum atomic E-state index is 13.2. The van der Waals surface area contributed by atoms with Crippen molar-refractivity contribution in [2.45, 2.75) is 19.3 Å². The van der Waals surface area contributed by atoms with Crippen LogP contribution in [-0.2, 0) is 33.0 Å². The van der Waals surface area contributed by atoms with Gasteiger partial charge >= 0.3 is 5.97 Å². The van der Waals surface area contributed by atoms with E-state index in [1.165, 1.54) is 25.1 Å². The Morgan fingerprint density at radius 2 is 2.25 bits per heavy atom. The summed E-state index contributed by atoms with van der Waals surface area (Å²) in [6, 6.07) is 4.05. The van der Waals surface area contributed by atoms with Gasteiger partial charge in [0.15, 0.2) is 11.1 Å². The van der Waals surface area contributed by atoms with E-state index in [0.717, 1.165) is 0 Å². The van der Waals surface area contributed by atoms with Gasteiger partial charge in [-0.3, -0.25) is 4.79 Å². The molecule has 16 heavy (non-hydrogen) atoms. The molecule has 0 aliphatic carbocycles. The fourth-order valence-electron chi connectivity index (χ4n) is 1.15. The molecule has 1 rings (SSSR count). The highest BCUT2D eigenvalue weighted by Crippen LogP contribution is 2.13. The molecule has 6 heteroatoms. The van der Waals surface area contributed by atoms with E-state index in [0.29, 0.717) is 5.56 Å². The molecule has 1 aromatic rings. The van der Waals surface area contributed by atoms with Crippen LogP contribution in [0.15, 0.2) is 18.2 Å². The minimum Gasteiger partial charge on any atom is -0.461 e. The van der Waals surface area contributed by atoms with E-state index in [1.54, 1.807) is 0 Å². The van der Waals surface area contributed by atoms with E-state index in [9.17, 15) is 13.4 Å². The van der Waals surface area contributed by atoms with Crippen molar-refractivity contribution in [3.63, 3.8) is 0 Å². The highest BCUT2D eigenvalue weighted by molar-refractivity contribution is 7.78. The summed E-state index contributed by atoms with van der Waals surface area (Å²) in [5.74, 6) is -1.26. The Balaban J connectivity index is 2.80. The molecule has 1 unspecified atom stereocenters. The van der Waals surface area contributed by atoms with Crippen LogP contribution >= 0.6 is 0 Å². The van der Waals surface area contributed by atoms with Crippen molar-refractivity contribution >= 4 is 17.0 Å². The van der Waals surface area contributed by atoms with Crippen LogP contribution in [0.25, 0.3) is 0 Å². The molecule has 0 amide bonds. The van der Waals surface area contributed by atoms with Crippen LogP contribution in [0.3, 0.4) is 0 Å². The lowest BCUT2D eigenvalue weighted by Crippen LogP contribution is -2.02. The molecule has 1 atom stereocenters. The Hall–Kier alpha value is -1.27. The van der Waals surface area contributed by atoms with Crippen LogP contribution in [0.4, 0.5) is 4.39 Å². The molecule has 0 saturated heterocycles. The maximum absolute atomic E-state index is 13.2. The molecule has 0 spiro atoms. The van der Waals surface area contributed by atoms with Gasteiger partial charge in [0.2, 0.25) is 0 Å². The van der Waals surface area contributed by atoms with Crippen molar-refractivity contribution in [1.82, 2.24) is 0 Å². The number of esters is 1. The summed E-state index contributed by atoms with van der Waals surface area (Å²) < 4.78 is 37.1. The quantitative estimate of drug-likeness (QED) is 0.647. The minimum absolute atomic E-state index is 0.0284. The van der Waals surface area contributed by atoms with Crippen molar-refractivity contribution in [3.05, 3.63) is 35.1 Å². The van der Waals surface area contributed by atoms with Crippen molar-refractivity contribution in [2.24, 2.45) is 0 Å². The fraction of sp³-hybridized carbons (Fsp3) is 0.300. The monoisotopic (exact) mass is 246 g/mol. The van der Waals surface area contributed by atoms with Crippen molar-refractivity contribution in [2.75, 3.05) is 0 Å². The van der Waals surface area contributed by atoms with Crippen molar-refractivity contribution < 1.29 is 22.7 Å². The van der Waals surface area contributed by atoms with E-state index in [1.807, 2.05) is 0 Å². The predicted molar refractivity (Wildman–Crippen MR) is 56.3 cm³/mol. The van der Waals surface area contributed by atoms with Crippen LogP contribution in [0.1, 0.15) is 18.1 Å². The van der Waals surface area contributed by atoms with Crippen molar-refractivity contribution in [3.8, 4) is 0 Å². The Kier molecular flexibility index (Phi) is 4.57. The molecule has 0 aliphatic rings. The zero-order valence-electron chi connectivity index (χ0n) is 8.60. The van der Waals surface area contributed by atoms with Crippen LogP contribution in [0.2, 0.25) is 0 Å². The predicted octanol–water partition coefficient (Wildman–Crippen LogP) is 1.61. The van der Waals surface area contributed by atoms with Gasteiger partial charge in [0, 0.05) is 12.5 Å². The lowest BCUT2D eigenvalue weighted by atomic mass is 10.1. The molecule has 0 fully saturated rings. The second kappa shape index (κ2) is 5.72. The number of carbonyl (C=O) groups excluding carboxylic acids is 1. The molecule has 0 heterocycles. The van der Waals surface area contributed by atoms with Gasteiger partial charge in [-0.1, -0.05) is 6.07 Å². The zero-order valence-corrected chi connectivity index (χ0v) is 9.42. The fourth-order valence-corrected chi connectivity index (χ4v) is 1.63. The lowest BCUT2D eigenvalue weighted by molar-refractivity contribution is -0.142. The normalized spacial score (nSPS) is 12.2. The first-order valence-electron chi connectivity index (χ1n) is 4.47. The van der Waals surface area contributed by atoms with E-state index < -0.39 is 22.9 Å². The third kappa shape index (κ3) is 4.08. The SMILES string of the molecule is CC(=O)OCc1ccc(F)c(CS(=O)O)c1. The third-order valence-corrected chi connectivity index (χ3v) is 2.39. The Morgan fingerprint density at radius 3 is 2.81 bits per heavy atom. The van der Waals surface area contributed by atoms with Gasteiger partial charge in [0.1, 0.15) is 12.4 Å². The van der Waals surface area contributed by atoms with Crippen LogP contribution < -0.4 is 0 Å². The standard InChI is InChI=1S/C10H11FO4S/c1-7(12)15-5-8-2-3-10(11)9(4-8)6-16(13)14/h2-4H,5-6H2,1H3,(H,13,14). The molecule has 0 bridgehead atoms. The molecule has 1 aromatic carbocycles. The van der Waals surface area contributed by atoms with Gasteiger partial charge in [-0.15, -0.1) is 0 Å². The number of rotatable bonds is 4. The van der Waals surface area contributed by atoms with Crippen molar-refractivity contribution in [1.29, 1.82) is 0 Å². The summed E-state index contributed by atoms with van der Waals surface area (Å²) in [5.41, 5.74) is 0.711. The van der Waals surface area contributed by atoms with Gasteiger partial charge in [0.05, 0.1) is 5.75 Å². The first-order chi connectivity index (χ1) is 7.49. The largest absolute Gasteiger partial charge is 0.461 e. The molecule has 88 valence electrons. The molecular weight excluding hydrogens is 235 g/mol. The van der Waals surface area contributed by atoms with Gasteiger partial charge in [0.25, 0.3) is 0 Å². The number of halogens is 1. The van der Waals surface area contributed by atoms with Gasteiger partial charge in [-0.2, -0.15) is 0 Å². The van der Waals surface area contributed by atoms with E-state index in [-0.39, 0.29) is 17.9 Å². The number of hydrogen-bond donors (Lipinski definition) is 1. The molecular formula is C10H11FO4S. The number of hydrogen-bond acceptors (Lipinski definition) is 3. The minimum atomic E-state index is -2.10. The van der Waals surface area contributed by atoms with Crippen LogP contribution in [0.5, 0.6) is 0 Å². The summed E-state index contributed by atoms with van der Waals surface area (Å²) in [5, 5.41) is 0. The Bertz CT molecular complexity index is 419. The second-order valence-corrected chi connectivity index (χ2v) is 4.10. The first kappa shape index (κ1) is 12.8. The molecule has 4 nitrogen and oxygen atoms in total. The van der Waals surface area contributed by atoms with E-state index in [4.69, 9.17) is 9.29 Å². The Morgan fingerprint density at radius 1 is 1.56 bits per heavy atom. The summed E-state index contributed by atoms with van der Waals surface area (Å²) in [4.78, 5) is 10.6. The third-order valence-electron chi connectivity index (χ3n) is 1.83.